The Morgan fingerprint density at radius 2 is 1.60 bits per heavy atom. The Balaban J connectivity index is 0.997. The molecule has 2 aliphatic rings. The fourth-order valence-electron chi connectivity index (χ4n) is 8.75. The molecule has 5 atom stereocenters. The van der Waals surface area contributed by atoms with Crippen molar-refractivity contribution in [1.82, 2.24) is 35.3 Å². The lowest BCUT2D eigenvalue weighted by Crippen LogP contribution is -2.57. The Labute approximate surface area is 396 Å². The molecule has 1 saturated heterocycles. The second kappa shape index (κ2) is 18.4. The first-order chi connectivity index (χ1) is 31.8. The van der Waals surface area contributed by atoms with Gasteiger partial charge in [-0.05, 0) is 80.0 Å². The number of aliphatic hydroxyl groups excluding tert-OH is 1. The summed E-state index contributed by atoms with van der Waals surface area (Å²) in [6.45, 7) is 15.0. The molecule has 15 nitrogen and oxygen atoms in total. The molecule has 6 aromatic rings. The second-order valence-electron chi connectivity index (χ2n) is 18.2. The quantitative estimate of drug-likeness (QED) is 0.0999. The Kier molecular flexibility index (Phi) is 12.8. The number of hydrogen-bond acceptors (Lipinski definition) is 12. The number of fused-ring (bicyclic) bond motifs is 3. The lowest BCUT2D eigenvalue weighted by atomic mass is 9.85. The summed E-state index contributed by atoms with van der Waals surface area (Å²) in [5.74, 6) is -1.48. The summed E-state index contributed by atoms with van der Waals surface area (Å²) in [5.41, 5.74) is 8.72. The Morgan fingerprint density at radius 1 is 0.925 bits per heavy atom. The molecule has 1 fully saturated rings. The molecule has 0 spiro atoms. The molecule has 4 N–H and O–H groups in total. The average molecular weight is 938 g/mol. The first-order valence-electron chi connectivity index (χ1n) is 21.9. The van der Waals surface area contributed by atoms with Crippen LogP contribution in [0, 0.1) is 44.4 Å². The summed E-state index contributed by atoms with van der Waals surface area (Å²) in [6.07, 6.45) is -1.17. The van der Waals surface area contributed by atoms with Gasteiger partial charge in [-0.15, -0.1) is 32.9 Å². The van der Waals surface area contributed by atoms with E-state index < -0.39 is 59.4 Å². The number of amides is 3. The SMILES string of the molecule is Cc1ncsc1-c1ccc(C(C)NC(=O)[C@@H]2C[C@@H](O)CN2C(=O)C(NC(=O)c2ccc(-c3ccc(C4=N[C@@H](CC(=O)O)c5nnc(C)n5-c5sc(C)c(C)c54)cc3)cc2C#N)C(C)(C)C)cc1. The molecule has 17 heteroatoms. The average Bonchev–Trinajstić information content (AvgIpc) is 4.06. The van der Waals surface area contributed by atoms with Gasteiger partial charge < -0.3 is 25.7 Å². The number of thiophene rings is 1. The summed E-state index contributed by atoms with van der Waals surface area (Å²) < 4.78 is 1.90. The van der Waals surface area contributed by atoms with Gasteiger partial charge in [0.1, 0.15) is 29.0 Å². The van der Waals surface area contributed by atoms with Crippen molar-refractivity contribution in [3.63, 3.8) is 0 Å². The van der Waals surface area contributed by atoms with Gasteiger partial charge in [0.05, 0.1) is 57.6 Å². The number of aliphatic carboxylic acids is 1. The number of nitrogens with zero attached hydrogens (tertiary/aromatic N) is 7. The fourth-order valence-corrected chi connectivity index (χ4v) is 10.8. The number of aliphatic hydroxyl groups is 1. The van der Waals surface area contributed by atoms with Gasteiger partial charge in [-0.3, -0.25) is 28.7 Å². The number of carboxylic acids is 1. The molecule has 3 aromatic carbocycles. The van der Waals surface area contributed by atoms with E-state index in [1.807, 2.05) is 87.7 Å². The Morgan fingerprint density at radius 3 is 2.24 bits per heavy atom. The van der Waals surface area contributed by atoms with Crippen LogP contribution in [0.4, 0.5) is 0 Å². The highest BCUT2D eigenvalue weighted by atomic mass is 32.1. The molecule has 0 bridgehead atoms. The van der Waals surface area contributed by atoms with Gasteiger partial charge in [-0.1, -0.05) is 75.4 Å². The van der Waals surface area contributed by atoms with Crippen LogP contribution in [0.15, 0.2) is 77.2 Å². The molecule has 3 aromatic heterocycles. The molecule has 3 amide bonds. The van der Waals surface area contributed by atoms with Crippen molar-refractivity contribution in [1.29, 1.82) is 5.26 Å². The third-order valence-electron chi connectivity index (χ3n) is 12.5. The maximum absolute atomic E-state index is 14.4. The Hall–Kier alpha value is -6.87. The van der Waals surface area contributed by atoms with Crippen molar-refractivity contribution in [2.75, 3.05) is 6.54 Å². The number of carboxylic acid groups (broad SMARTS) is 1. The normalized spacial score (nSPS) is 17.6. The van der Waals surface area contributed by atoms with Crippen LogP contribution in [0.3, 0.4) is 0 Å². The summed E-state index contributed by atoms with van der Waals surface area (Å²) in [7, 11) is 0. The van der Waals surface area contributed by atoms with E-state index in [0.717, 1.165) is 53.8 Å². The minimum atomic E-state index is -1.11. The van der Waals surface area contributed by atoms with E-state index in [-0.39, 0.29) is 30.5 Å². The van der Waals surface area contributed by atoms with Gasteiger partial charge in [0, 0.05) is 29.0 Å². The number of nitrogens with one attached hydrogen (secondary N) is 2. The number of rotatable bonds is 11. The predicted molar refractivity (Wildman–Crippen MR) is 256 cm³/mol. The molecular weight excluding hydrogens is 887 g/mol. The first-order valence-corrected chi connectivity index (χ1v) is 23.6. The van der Waals surface area contributed by atoms with Gasteiger partial charge in [-0.25, -0.2) is 4.98 Å². The zero-order valence-corrected chi connectivity index (χ0v) is 40.0. The number of hydrogen-bond donors (Lipinski definition) is 4. The van der Waals surface area contributed by atoms with Crippen molar-refractivity contribution in [3.8, 4) is 32.6 Å². The van der Waals surface area contributed by atoms with E-state index >= 15 is 0 Å². The summed E-state index contributed by atoms with van der Waals surface area (Å²) in [5, 5.41) is 46.3. The number of β-amino-alcohol motifs (C(OH)–C–C–N with tert-alkyl or cyclic N) is 1. The summed E-state index contributed by atoms with van der Waals surface area (Å²) in [6, 6.07) is 19.2. The molecule has 2 aliphatic heterocycles. The highest BCUT2D eigenvalue weighted by Gasteiger charge is 2.45. The molecule has 0 saturated carbocycles. The lowest BCUT2D eigenvalue weighted by Gasteiger charge is -2.35. The van der Waals surface area contributed by atoms with Gasteiger partial charge in [0.2, 0.25) is 11.8 Å². The highest BCUT2D eigenvalue weighted by Crippen LogP contribution is 2.40. The predicted octanol–water partition coefficient (Wildman–Crippen LogP) is 7.58. The number of aromatic nitrogens is 4. The standard InChI is InChI=1S/C50H51N9O6S2/c1-25-28(4)67-49-41(25)42(54-38(21-40(61)62)45-57-56-29(5)59(45)49)32-13-11-31(12-14-32)34-17-18-37(35(19-34)22-51)46(63)55-44(50(6,7)8)48(65)58-23-36(60)20-39(58)47(64)53-26(2)30-9-15-33(16-10-30)43-27(3)52-24-66-43/h9-19,24,26,36,38-39,44,60H,20-21,23H2,1-8H3,(H,53,64)(H,55,63)(H,61,62)/t26?,36-,38+,39+,44?/m1/s1. The molecule has 8 rings (SSSR count). The number of thiazole rings is 1. The zero-order valence-electron chi connectivity index (χ0n) is 38.4. The number of carbonyl (C=O) groups excluding carboxylic acids is 3. The van der Waals surface area contributed by atoms with Crippen LogP contribution in [-0.2, 0) is 14.4 Å². The zero-order chi connectivity index (χ0) is 48.1. The van der Waals surface area contributed by atoms with Crippen molar-refractivity contribution in [2.45, 2.75) is 98.5 Å². The molecule has 67 heavy (non-hydrogen) atoms. The van der Waals surface area contributed by atoms with Crippen LogP contribution in [0.25, 0.3) is 26.6 Å². The van der Waals surface area contributed by atoms with E-state index in [2.05, 4.69) is 31.9 Å². The third-order valence-corrected chi connectivity index (χ3v) is 14.7. The van der Waals surface area contributed by atoms with E-state index in [1.165, 1.54) is 4.90 Å². The van der Waals surface area contributed by atoms with Crippen molar-refractivity contribution < 1.29 is 29.4 Å². The van der Waals surface area contributed by atoms with Crippen LogP contribution < -0.4 is 10.6 Å². The first kappa shape index (κ1) is 46.7. The van der Waals surface area contributed by atoms with Crippen molar-refractivity contribution in [3.05, 3.63) is 128 Å². The van der Waals surface area contributed by atoms with Crippen LogP contribution in [0.1, 0.15) is 113 Å². The number of carbonyl (C=O) groups is 4. The number of nitriles is 1. The summed E-state index contributed by atoms with van der Waals surface area (Å²) >= 11 is 3.14. The maximum Gasteiger partial charge on any atom is 0.306 e. The minimum absolute atomic E-state index is 0.0385. The topological polar surface area (TPSA) is 216 Å². The summed E-state index contributed by atoms with van der Waals surface area (Å²) in [4.78, 5) is 67.2. The van der Waals surface area contributed by atoms with Gasteiger partial charge in [0.15, 0.2) is 5.82 Å². The molecular formula is C50H51N9O6S2. The molecule has 2 unspecified atom stereocenters. The number of likely N-dealkylation sites (tertiary alicyclic amines) is 1. The number of benzene rings is 3. The van der Waals surface area contributed by atoms with Gasteiger partial charge in [0.25, 0.3) is 5.91 Å². The largest absolute Gasteiger partial charge is 0.481 e. The van der Waals surface area contributed by atoms with E-state index in [1.54, 1.807) is 67.2 Å². The molecule has 5 heterocycles. The maximum atomic E-state index is 14.4. The molecule has 344 valence electrons. The molecule has 0 radical (unpaired) electrons. The van der Waals surface area contributed by atoms with Gasteiger partial charge >= 0.3 is 5.97 Å². The van der Waals surface area contributed by atoms with Crippen LogP contribution >= 0.6 is 22.7 Å². The minimum Gasteiger partial charge on any atom is -0.481 e. The van der Waals surface area contributed by atoms with Crippen molar-refractivity contribution in [2.24, 2.45) is 10.4 Å². The Bertz CT molecular complexity index is 2990. The number of aryl methyl sites for hydroxylation is 3. The smallest absolute Gasteiger partial charge is 0.306 e. The number of aliphatic imine (C=N–C) groups is 1. The van der Waals surface area contributed by atoms with E-state index in [4.69, 9.17) is 4.99 Å². The second-order valence-corrected chi connectivity index (χ2v) is 20.3. The monoisotopic (exact) mass is 937 g/mol. The lowest BCUT2D eigenvalue weighted by molar-refractivity contribution is -0.142. The highest BCUT2D eigenvalue weighted by molar-refractivity contribution is 7.15. The van der Waals surface area contributed by atoms with Crippen LogP contribution in [-0.4, -0.2) is 89.0 Å². The van der Waals surface area contributed by atoms with Crippen LogP contribution in [0.2, 0.25) is 0 Å². The third kappa shape index (κ3) is 9.16. The fraction of sp³-hybridized carbons (Fsp3) is 0.340. The van der Waals surface area contributed by atoms with E-state index in [9.17, 15) is 34.7 Å². The van der Waals surface area contributed by atoms with Crippen molar-refractivity contribution >= 4 is 52.1 Å². The van der Waals surface area contributed by atoms with Crippen LogP contribution in [0.5, 0.6) is 0 Å². The van der Waals surface area contributed by atoms with Gasteiger partial charge in [-0.2, -0.15) is 5.26 Å². The molecule has 0 aliphatic carbocycles. The van der Waals surface area contributed by atoms with E-state index in [0.29, 0.717) is 22.9 Å².